The number of hydrogen-bond donors (Lipinski definition) is 0. The second-order valence-electron chi connectivity index (χ2n) is 21.6. The number of allylic oxidation sites excluding steroid dienone is 2. The number of rotatable bonds is 5. The van der Waals surface area contributed by atoms with Gasteiger partial charge in [-0.3, -0.25) is 0 Å². The summed E-state index contributed by atoms with van der Waals surface area (Å²) in [6.07, 6.45) is 4.19. The Kier molecular flexibility index (Phi) is 12.0. The number of ether oxygens (including phenoxy) is 1. The molecule has 8 aromatic rings. The van der Waals surface area contributed by atoms with Gasteiger partial charge < -0.3 is 14.7 Å². The standard InChI is InChI=1S/C63H53BrN4O2.Ni/c1-61(2,3)40-24-20-37(21-25-40)52-46-30-32-48(65-46)53(38-22-26-41(27-23-38)62(4,5)6)56-45(64)35-50(67-56)57-59(70-60(69)39-18-14-11-15-19-39)55-51(36-16-12-10-13-17-36)44-34-42(63(7,8)9)28-29-43(44)54(58(55)68-57)49-33-31-47(52)66-49;/h10-35H,1-9H3;/q-2;+2. The average molecular weight is 1040 g/mol. The van der Waals surface area contributed by atoms with Crippen LogP contribution in [-0.2, 0) is 37.5 Å². The maximum Gasteiger partial charge on any atom is 2.00 e. The van der Waals surface area contributed by atoms with Crippen LogP contribution in [0.3, 0.4) is 0 Å². The van der Waals surface area contributed by atoms with Crippen LogP contribution in [0.2, 0.25) is 0 Å². The van der Waals surface area contributed by atoms with Gasteiger partial charge in [-0.15, -0.1) is 22.1 Å². The van der Waals surface area contributed by atoms with Crippen molar-refractivity contribution < 1.29 is 26.0 Å². The Labute approximate surface area is 433 Å². The van der Waals surface area contributed by atoms with Gasteiger partial charge in [-0.25, -0.2) is 14.8 Å². The average Bonchev–Trinajstić information content (AvgIpc) is 4.16. The van der Waals surface area contributed by atoms with Crippen LogP contribution in [0.15, 0.2) is 178 Å². The molecule has 0 fully saturated rings. The molecule has 6 nitrogen and oxygen atoms in total. The Hall–Kier alpha value is -6.86. The summed E-state index contributed by atoms with van der Waals surface area (Å²) in [4.78, 5) is 36.7. The van der Waals surface area contributed by atoms with E-state index < -0.39 is 5.97 Å². The summed E-state index contributed by atoms with van der Waals surface area (Å²) >= 11 is 4.00. The van der Waals surface area contributed by atoms with Gasteiger partial charge in [-0.05, 0) is 107 Å². The zero-order valence-electron chi connectivity index (χ0n) is 41.3. The minimum atomic E-state index is -0.495. The zero-order valence-corrected chi connectivity index (χ0v) is 43.9. The molecule has 0 radical (unpaired) electrons. The molecule has 0 spiro atoms. The SMILES string of the molecule is CC(C)(C)c1ccc(C2=C3C=CC(=N3)C(c3ccc(C(C)(C)C)cc3)=c3ccc([n-]3)=c3c4c(c(-c5ccccc5)c5cc(C(C)(C)C)ccc35)C(OC(=O)c3ccccc3)=C(N=4)c3cc(Br)c2[n-]3)cc1.[Ni+2]. The summed E-state index contributed by atoms with van der Waals surface area (Å²) in [5, 5.41) is 5.00. The molecule has 0 amide bonds. The summed E-state index contributed by atoms with van der Waals surface area (Å²) in [5.41, 5.74) is 13.4. The van der Waals surface area contributed by atoms with Crippen molar-refractivity contribution in [2.75, 3.05) is 0 Å². The van der Waals surface area contributed by atoms with Crippen molar-refractivity contribution in [3.8, 4) is 11.1 Å². The fraction of sp³-hybridized carbons (Fsp3) is 0.190. The van der Waals surface area contributed by atoms with Crippen LogP contribution >= 0.6 is 15.9 Å². The Morgan fingerprint density at radius 3 is 1.75 bits per heavy atom. The number of carbonyl (C=O) groups excluding carboxylic acids is 1. The fourth-order valence-corrected chi connectivity index (χ4v) is 10.3. The van der Waals surface area contributed by atoms with Crippen molar-refractivity contribution in [1.29, 1.82) is 0 Å². The van der Waals surface area contributed by atoms with E-state index in [9.17, 15) is 4.79 Å². The van der Waals surface area contributed by atoms with E-state index in [1.54, 1.807) is 12.1 Å². The number of fused-ring (bicyclic) bond motifs is 9. The van der Waals surface area contributed by atoms with Gasteiger partial charge >= 0.3 is 22.5 Å². The Bertz CT molecular complexity index is 3840. The van der Waals surface area contributed by atoms with Crippen LogP contribution in [0.4, 0.5) is 0 Å². The number of esters is 1. The molecule has 354 valence electrons. The first-order chi connectivity index (χ1) is 33.4. The number of aliphatic imine (C=N–C) groups is 1. The molecule has 8 bridgehead atoms. The van der Waals surface area contributed by atoms with E-state index in [0.717, 1.165) is 76.0 Å². The molecular formula is C63H53BrN4NiO2. The van der Waals surface area contributed by atoms with Crippen molar-refractivity contribution in [3.63, 3.8) is 0 Å². The van der Waals surface area contributed by atoms with Crippen molar-refractivity contribution in [1.82, 2.24) is 9.97 Å². The summed E-state index contributed by atoms with van der Waals surface area (Å²) in [5.74, 6) is -0.163. The van der Waals surface area contributed by atoms with Crippen LogP contribution in [-0.4, -0.2) is 11.7 Å². The van der Waals surface area contributed by atoms with Crippen LogP contribution in [0.1, 0.15) is 117 Å². The summed E-state index contributed by atoms with van der Waals surface area (Å²) in [7, 11) is 0. The number of aromatic nitrogens is 2. The van der Waals surface area contributed by atoms with E-state index in [1.807, 2.05) is 42.5 Å². The van der Waals surface area contributed by atoms with E-state index in [-0.39, 0.29) is 32.7 Å². The molecule has 0 N–H and O–H groups in total. The van der Waals surface area contributed by atoms with Crippen LogP contribution in [0.25, 0.3) is 44.5 Å². The zero-order chi connectivity index (χ0) is 48.9. The fourth-order valence-electron chi connectivity index (χ4n) is 9.80. The predicted molar refractivity (Wildman–Crippen MR) is 288 cm³/mol. The maximum atomic E-state index is 14.6. The van der Waals surface area contributed by atoms with Gasteiger partial charge in [-0.1, -0.05) is 206 Å². The third kappa shape index (κ3) is 8.55. The van der Waals surface area contributed by atoms with Gasteiger partial charge in [0.2, 0.25) is 0 Å². The molecule has 5 heterocycles. The van der Waals surface area contributed by atoms with E-state index in [4.69, 9.17) is 24.7 Å². The number of nitrogens with zero attached hydrogens (tertiary/aromatic N) is 4. The molecule has 71 heavy (non-hydrogen) atoms. The summed E-state index contributed by atoms with van der Waals surface area (Å²) in [6, 6.07) is 49.9. The minimum absolute atomic E-state index is 0. The predicted octanol–water partition coefficient (Wildman–Crippen LogP) is 13.7. The number of hydrogen-bond acceptors (Lipinski definition) is 4. The second-order valence-corrected chi connectivity index (χ2v) is 22.4. The first-order valence-corrected chi connectivity index (χ1v) is 24.7. The molecule has 3 aliphatic rings. The van der Waals surface area contributed by atoms with Crippen LogP contribution in [0.5, 0.6) is 0 Å². The summed E-state index contributed by atoms with van der Waals surface area (Å²) < 4.78 is 7.53. The maximum absolute atomic E-state index is 14.6. The second kappa shape index (κ2) is 17.8. The minimum Gasteiger partial charge on any atom is -0.657 e. The van der Waals surface area contributed by atoms with Gasteiger partial charge in [0, 0.05) is 10.0 Å². The Balaban J connectivity index is 0.00000582. The quantitative estimate of drug-likeness (QED) is 0.127. The third-order valence-corrected chi connectivity index (χ3v) is 14.3. The van der Waals surface area contributed by atoms with Gasteiger partial charge in [0.25, 0.3) is 0 Å². The first kappa shape index (κ1) is 47.8. The largest absolute Gasteiger partial charge is 2.00 e. The monoisotopic (exact) mass is 1030 g/mol. The molecule has 2 aromatic heterocycles. The Morgan fingerprint density at radius 2 is 1.13 bits per heavy atom. The number of benzene rings is 6. The van der Waals surface area contributed by atoms with Gasteiger partial charge in [0.05, 0.1) is 33.6 Å². The molecule has 0 aliphatic carbocycles. The van der Waals surface area contributed by atoms with Gasteiger partial charge in [0.15, 0.2) is 5.76 Å². The van der Waals surface area contributed by atoms with Crippen LogP contribution < -0.4 is 20.7 Å². The first-order valence-electron chi connectivity index (χ1n) is 23.9. The molecule has 11 rings (SSSR count). The Morgan fingerprint density at radius 1 is 0.549 bits per heavy atom. The van der Waals surface area contributed by atoms with E-state index in [0.29, 0.717) is 39.3 Å². The topological polar surface area (TPSA) is 79.2 Å². The molecule has 3 aliphatic heterocycles. The van der Waals surface area contributed by atoms with Gasteiger partial charge in [-0.2, -0.15) is 0 Å². The third-order valence-electron chi connectivity index (χ3n) is 13.7. The smallest absolute Gasteiger partial charge is 0.657 e. The number of halogens is 1. The van der Waals surface area contributed by atoms with E-state index in [1.165, 1.54) is 16.7 Å². The van der Waals surface area contributed by atoms with Crippen LogP contribution in [0, 0.1) is 10.6 Å². The van der Waals surface area contributed by atoms with Crippen molar-refractivity contribution in [2.45, 2.75) is 78.6 Å². The van der Waals surface area contributed by atoms with Gasteiger partial charge in [0.1, 0.15) is 0 Å². The number of carbonyl (C=O) groups is 1. The van der Waals surface area contributed by atoms with Crippen molar-refractivity contribution >= 4 is 61.0 Å². The van der Waals surface area contributed by atoms with E-state index in [2.05, 4.69) is 181 Å². The van der Waals surface area contributed by atoms with E-state index >= 15 is 0 Å². The molecular weight excluding hydrogens is 983 g/mol. The molecule has 0 saturated carbocycles. The molecule has 8 heteroatoms. The summed E-state index contributed by atoms with van der Waals surface area (Å²) in [6.45, 7) is 20.1. The molecule has 0 atom stereocenters. The normalized spacial score (nSPS) is 14.3. The molecule has 0 saturated heterocycles. The van der Waals surface area contributed by atoms with Crippen molar-refractivity contribution in [3.05, 3.63) is 240 Å². The molecule has 0 unspecified atom stereocenters. The molecule has 6 aromatic carbocycles. The van der Waals surface area contributed by atoms with Crippen molar-refractivity contribution in [2.24, 2.45) is 9.98 Å².